The lowest BCUT2D eigenvalue weighted by Crippen LogP contribution is -2.67. The van der Waals surface area contributed by atoms with Crippen LogP contribution >= 0.6 is 0 Å². The van der Waals surface area contributed by atoms with Crippen molar-refractivity contribution >= 4 is 5.91 Å². The molecule has 126 valence electrons. The molecule has 0 aromatic rings. The lowest BCUT2D eigenvalue weighted by atomic mass is 9.76. The number of hydrogen-bond acceptors (Lipinski definition) is 4. The molecule has 5 nitrogen and oxygen atoms in total. The van der Waals surface area contributed by atoms with Gasteiger partial charge in [0.15, 0.2) is 0 Å². The fourth-order valence-electron chi connectivity index (χ4n) is 5.30. The van der Waals surface area contributed by atoms with Crippen LogP contribution in [0.3, 0.4) is 0 Å². The van der Waals surface area contributed by atoms with Gasteiger partial charge in [0.25, 0.3) is 5.91 Å². The number of hydroxylamine groups is 2. The van der Waals surface area contributed by atoms with Gasteiger partial charge in [0.1, 0.15) is 11.3 Å². The van der Waals surface area contributed by atoms with Crippen LogP contribution in [0.1, 0.15) is 72.6 Å². The van der Waals surface area contributed by atoms with Crippen LogP contribution in [-0.4, -0.2) is 40.5 Å². The maximum absolute atomic E-state index is 12.7. The SMILES string of the molecule is CON1C(C)(C)CC2(CC1(C)C)NC(=O)C1(CCCCC1)O2. The summed E-state index contributed by atoms with van der Waals surface area (Å²) in [6.07, 6.45) is 6.57. The fraction of sp³-hybridized carbons (Fsp3) is 0.941. The minimum atomic E-state index is -0.584. The van der Waals surface area contributed by atoms with Crippen LogP contribution in [0, 0.1) is 0 Å². The minimum absolute atomic E-state index is 0.102. The molecule has 2 aliphatic heterocycles. The number of amides is 1. The third-order valence-corrected chi connectivity index (χ3v) is 5.53. The normalized spacial score (nSPS) is 32.3. The monoisotopic (exact) mass is 310 g/mol. The molecule has 0 radical (unpaired) electrons. The van der Waals surface area contributed by atoms with Crippen molar-refractivity contribution in [2.75, 3.05) is 7.11 Å². The summed E-state index contributed by atoms with van der Waals surface area (Å²) in [7, 11) is 1.72. The van der Waals surface area contributed by atoms with E-state index in [1.165, 1.54) is 6.42 Å². The van der Waals surface area contributed by atoms with Gasteiger partial charge in [0, 0.05) is 23.9 Å². The van der Waals surface area contributed by atoms with E-state index < -0.39 is 11.3 Å². The van der Waals surface area contributed by atoms with E-state index in [1.807, 2.05) is 5.06 Å². The average molecular weight is 310 g/mol. The molecular weight excluding hydrogens is 280 g/mol. The Morgan fingerprint density at radius 2 is 1.59 bits per heavy atom. The van der Waals surface area contributed by atoms with Gasteiger partial charge in [0.2, 0.25) is 0 Å². The van der Waals surface area contributed by atoms with Crippen LogP contribution in [0.25, 0.3) is 0 Å². The quantitative estimate of drug-likeness (QED) is 0.809. The Hall–Kier alpha value is -0.650. The van der Waals surface area contributed by atoms with E-state index in [-0.39, 0.29) is 17.0 Å². The van der Waals surface area contributed by atoms with Crippen LogP contribution in [0.2, 0.25) is 0 Å². The van der Waals surface area contributed by atoms with Gasteiger partial charge in [-0.25, -0.2) is 0 Å². The zero-order chi connectivity index (χ0) is 16.2. The van der Waals surface area contributed by atoms with Crippen molar-refractivity contribution in [1.29, 1.82) is 0 Å². The summed E-state index contributed by atoms with van der Waals surface area (Å²) in [5, 5.41) is 5.29. The first-order valence-electron chi connectivity index (χ1n) is 8.52. The zero-order valence-corrected chi connectivity index (χ0v) is 14.6. The first kappa shape index (κ1) is 16.2. The minimum Gasteiger partial charge on any atom is -0.339 e. The number of hydrogen-bond donors (Lipinski definition) is 1. The molecule has 3 aliphatic rings. The molecule has 2 heterocycles. The topological polar surface area (TPSA) is 50.8 Å². The van der Waals surface area contributed by atoms with Gasteiger partial charge in [-0.05, 0) is 40.5 Å². The maximum atomic E-state index is 12.7. The second kappa shape index (κ2) is 4.92. The van der Waals surface area contributed by atoms with Crippen molar-refractivity contribution in [2.24, 2.45) is 0 Å². The average Bonchev–Trinajstić information content (AvgIpc) is 2.59. The third kappa shape index (κ3) is 2.38. The highest BCUT2D eigenvalue weighted by Gasteiger charge is 2.62. The van der Waals surface area contributed by atoms with Crippen molar-refractivity contribution in [3.05, 3.63) is 0 Å². The smallest absolute Gasteiger partial charge is 0.254 e. The third-order valence-electron chi connectivity index (χ3n) is 5.53. The maximum Gasteiger partial charge on any atom is 0.254 e. The lowest BCUT2D eigenvalue weighted by Gasteiger charge is -2.56. The van der Waals surface area contributed by atoms with Gasteiger partial charge in [0.05, 0.1) is 7.11 Å². The Labute approximate surface area is 133 Å². The second-order valence-electron chi connectivity index (χ2n) is 8.56. The van der Waals surface area contributed by atoms with Gasteiger partial charge in [-0.2, -0.15) is 5.06 Å². The summed E-state index contributed by atoms with van der Waals surface area (Å²) >= 11 is 0. The predicted octanol–water partition coefficient (Wildman–Crippen LogP) is 2.75. The first-order chi connectivity index (χ1) is 10.1. The molecule has 22 heavy (non-hydrogen) atoms. The lowest BCUT2D eigenvalue weighted by molar-refractivity contribution is -0.303. The highest BCUT2D eigenvalue weighted by atomic mass is 16.7. The summed E-state index contributed by atoms with van der Waals surface area (Å²) < 4.78 is 6.55. The van der Waals surface area contributed by atoms with E-state index in [4.69, 9.17) is 9.57 Å². The van der Waals surface area contributed by atoms with Crippen molar-refractivity contribution in [3.8, 4) is 0 Å². The summed E-state index contributed by atoms with van der Waals surface area (Å²) in [5.41, 5.74) is -1.55. The molecular formula is C17H30N2O3. The zero-order valence-electron chi connectivity index (χ0n) is 14.6. The summed E-state index contributed by atoms with van der Waals surface area (Å²) in [5.74, 6) is 0.102. The van der Waals surface area contributed by atoms with Gasteiger partial charge in [-0.3, -0.25) is 4.79 Å². The summed E-state index contributed by atoms with van der Waals surface area (Å²) in [6.45, 7) is 8.61. The van der Waals surface area contributed by atoms with Gasteiger partial charge in [-0.15, -0.1) is 0 Å². The number of ether oxygens (including phenoxy) is 1. The molecule has 1 N–H and O–H groups in total. The number of nitrogens with zero attached hydrogens (tertiary/aromatic N) is 1. The molecule has 0 aromatic carbocycles. The van der Waals surface area contributed by atoms with E-state index in [0.717, 1.165) is 38.5 Å². The molecule has 3 fully saturated rings. The number of piperidine rings is 1. The van der Waals surface area contributed by atoms with Crippen LogP contribution in [0.4, 0.5) is 0 Å². The van der Waals surface area contributed by atoms with Crippen molar-refractivity contribution in [3.63, 3.8) is 0 Å². The fourth-order valence-corrected chi connectivity index (χ4v) is 5.30. The Morgan fingerprint density at radius 3 is 2.09 bits per heavy atom. The Kier molecular flexibility index (Phi) is 3.63. The van der Waals surface area contributed by atoms with Crippen LogP contribution in [0.15, 0.2) is 0 Å². The van der Waals surface area contributed by atoms with E-state index in [0.29, 0.717) is 0 Å². The van der Waals surface area contributed by atoms with Crippen LogP contribution in [0.5, 0.6) is 0 Å². The second-order valence-corrected chi connectivity index (χ2v) is 8.56. The molecule has 0 bridgehead atoms. The largest absolute Gasteiger partial charge is 0.339 e. The molecule has 0 unspecified atom stereocenters. The number of carbonyl (C=O) groups excluding carboxylic acids is 1. The van der Waals surface area contributed by atoms with E-state index in [9.17, 15) is 4.79 Å². The Bertz CT molecular complexity index is 449. The standard InChI is InChI=1S/C17H30N2O3/c1-14(2)11-17(12-15(3,4)19(14)21-5)18-13(20)16(22-17)9-7-6-8-10-16/h6-12H2,1-5H3,(H,18,20). The molecule has 0 atom stereocenters. The number of nitrogens with one attached hydrogen (secondary N) is 1. The molecule has 2 spiro atoms. The highest BCUT2D eigenvalue weighted by Crippen LogP contribution is 2.50. The molecule has 1 aliphatic carbocycles. The Balaban J connectivity index is 1.90. The van der Waals surface area contributed by atoms with E-state index >= 15 is 0 Å². The highest BCUT2D eigenvalue weighted by molar-refractivity contribution is 5.87. The van der Waals surface area contributed by atoms with E-state index in [2.05, 4.69) is 33.0 Å². The molecule has 5 heteroatoms. The summed E-state index contributed by atoms with van der Waals surface area (Å²) in [4.78, 5) is 18.4. The molecule has 0 aromatic heterocycles. The number of carbonyl (C=O) groups is 1. The van der Waals surface area contributed by atoms with Crippen LogP contribution < -0.4 is 5.32 Å². The van der Waals surface area contributed by atoms with Crippen LogP contribution in [-0.2, 0) is 14.4 Å². The predicted molar refractivity (Wildman–Crippen MR) is 84.0 cm³/mol. The van der Waals surface area contributed by atoms with Crippen molar-refractivity contribution < 1.29 is 14.4 Å². The molecule has 2 saturated heterocycles. The molecule has 1 saturated carbocycles. The van der Waals surface area contributed by atoms with Gasteiger partial charge >= 0.3 is 0 Å². The van der Waals surface area contributed by atoms with E-state index in [1.54, 1.807) is 7.11 Å². The van der Waals surface area contributed by atoms with Crippen molar-refractivity contribution in [1.82, 2.24) is 10.4 Å². The summed E-state index contributed by atoms with van der Waals surface area (Å²) in [6, 6.07) is 0. The number of rotatable bonds is 1. The molecule has 3 rings (SSSR count). The molecule has 1 amide bonds. The van der Waals surface area contributed by atoms with Gasteiger partial charge < -0.3 is 14.9 Å². The Morgan fingerprint density at radius 1 is 1.05 bits per heavy atom. The first-order valence-corrected chi connectivity index (χ1v) is 8.52. The van der Waals surface area contributed by atoms with Gasteiger partial charge in [-0.1, -0.05) is 19.3 Å². The van der Waals surface area contributed by atoms with Crippen molar-refractivity contribution in [2.45, 2.75) is 95.0 Å².